The van der Waals surface area contributed by atoms with E-state index >= 15 is 0 Å². The van der Waals surface area contributed by atoms with Crippen molar-refractivity contribution in [2.75, 3.05) is 13.1 Å². The number of carbonyl (C=O) groups is 2. The van der Waals surface area contributed by atoms with Crippen molar-refractivity contribution in [2.45, 2.75) is 19.4 Å². The number of ether oxygens (including phenoxy) is 1. The highest BCUT2D eigenvalue weighted by Crippen LogP contribution is 2.26. The Morgan fingerprint density at radius 2 is 1.77 bits per heavy atom. The number of carbonyl (C=O) groups excluding carboxylic acids is 2. The molecule has 0 spiro atoms. The van der Waals surface area contributed by atoms with Gasteiger partial charge in [-0.05, 0) is 49.2 Å². The largest absolute Gasteiger partial charge is 0.459 e. The molecule has 0 atom stereocenters. The van der Waals surface area contributed by atoms with E-state index in [1.54, 1.807) is 4.90 Å². The summed E-state index contributed by atoms with van der Waals surface area (Å²) >= 11 is 7.40. The van der Waals surface area contributed by atoms with Gasteiger partial charge >= 0.3 is 5.97 Å². The second-order valence-corrected chi connectivity index (χ2v) is 8.63. The van der Waals surface area contributed by atoms with Crippen molar-refractivity contribution in [1.82, 2.24) is 9.88 Å². The first-order valence-electron chi connectivity index (χ1n) is 9.91. The van der Waals surface area contributed by atoms with Crippen molar-refractivity contribution in [3.8, 4) is 10.6 Å². The Labute approximate surface area is 188 Å². The molecular formula is C23H20ClFN2O3S. The fourth-order valence-electron chi connectivity index (χ4n) is 3.45. The molecule has 2 aromatic carbocycles. The second-order valence-electron chi connectivity index (χ2n) is 7.33. The molecule has 160 valence electrons. The van der Waals surface area contributed by atoms with E-state index in [0.29, 0.717) is 42.2 Å². The van der Waals surface area contributed by atoms with Crippen molar-refractivity contribution < 1.29 is 18.7 Å². The third-order valence-corrected chi connectivity index (χ3v) is 6.40. The number of esters is 1. The smallest absolute Gasteiger partial charge is 0.309 e. The van der Waals surface area contributed by atoms with E-state index in [4.69, 9.17) is 16.3 Å². The Balaban J connectivity index is 1.26. The molecule has 1 aliphatic rings. The van der Waals surface area contributed by atoms with E-state index in [1.165, 1.54) is 35.6 Å². The van der Waals surface area contributed by atoms with Crippen molar-refractivity contribution in [3.63, 3.8) is 0 Å². The van der Waals surface area contributed by atoms with Crippen LogP contribution in [-0.2, 0) is 16.1 Å². The number of halogens is 2. The van der Waals surface area contributed by atoms with E-state index < -0.39 is 0 Å². The van der Waals surface area contributed by atoms with Crippen molar-refractivity contribution >= 4 is 34.8 Å². The molecule has 4 rings (SSSR count). The van der Waals surface area contributed by atoms with Crippen LogP contribution in [0.1, 0.15) is 28.9 Å². The number of hydrogen-bond donors (Lipinski definition) is 0. The summed E-state index contributed by atoms with van der Waals surface area (Å²) in [6.07, 6.45) is 1.08. The molecular weight excluding hydrogens is 439 g/mol. The average molecular weight is 459 g/mol. The van der Waals surface area contributed by atoms with Gasteiger partial charge in [-0.1, -0.05) is 23.7 Å². The van der Waals surface area contributed by atoms with Crippen molar-refractivity contribution in [3.05, 3.63) is 76.0 Å². The van der Waals surface area contributed by atoms with Gasteiger partial charge in [0.05, 0.1) is 11.6 Å². The van der Waals surface area contributed by atoms with Crippen molar-refractivity contribution in [1.29, 1.82) is 0 Å². The molecule has 1 amide bonds. The minimum Gasteiger partial charge on any atom is -0.459 e. The molecule has 0 saturated carbocycles. The normalized spacial score (nSPS) is 14.5. The number of nitrogens with zero attached hydrogens (tertiary/aromatic N) is 2. The number of hydrogen-bond acceptors (Lipinski definition) is 5. The van der Waals surface area contributed by atoms with Crippen LogP contribution >= 0.6 is 22.9 Å². The molecule has 0 unspecified atom stereocenters. The van der Waals surface area contributed by atoms with E-state index in [-0.39, 0.29) is 30.2 Å². The first-order chi connectivity index (χ1) is 15.0. The summed E-state index contributed by atoms with van der Waals surface area (Å²) in [6.45, 7) is 1.05. The van der Waals surface area contributed by atoms with E-state index in [0.717, 1.165) is 10.6 Å². The highest BCUT2D eigenvalue weighted by Gasteiger charge is 2.29. The number of thiazole rings is 1. The topological polar surface area (TPSA) is 59.5 Å². The molecule has 31 heavy (non-hydrogen) atoms. The Bertz CT molecular complexity index is 1060. The zero-order valence-corrected chi connectivity index (χ0v) is 18.2. The second kappa shape index (κ2) is 9.58. The summed E-state index contributed by atoms with van der Waals surface area (Å²) in [6, 6.07) is 12.9. The van der Waals surface area contributed by atoms with Crippen LogP contribution in [0.5, 0.6) is 0 Å². The predicted octanol–water partition coefficient (Wildman–Crippen LogP) is 5.20. The first kappa shape index (κ1) is 21.5. The zero-order valence-electron chi connectivity index (χ0n) is 16.6. The number of benzene rings is 2. The maximum Gasteiger partial charge on any atom is 0.309 e. The number of rotatable bonds is 5. The van der Waals surface area contributed by atoms with Crippen LogP contribution in [0, 0.1) is 11.7 Å². The fourth-order valence-corrected chi connectivity index (χ4v) is 4.39. The summed E-state index contributed by atoms with van der Waals surface area (Å²) < 4.78 is 18.5. The zero-order chi connectivity index (χ0) is 21.8. The molecule has 1 aliphatic heterocycles. The summed E-state index contributed by atoms with van der Waals surface area (Å²) in [5.74, 6) is -1.04. The first-order valence-corrected chi connectivity index (χ1v) is 11.2. The minimum absolute atomic E-state index is 0.123. The lowest BCUT2D eigenvalue weighted by atomic mass is 9.96. The number of likely N-dealkylation sites (tertiary alicyclic amines) is 1. The maximum atomic E-state index is 13.0. The quantitative estimate of drug-likeness (QED) is 0.493. The SMILES string of the molecule is O=C(OCc1csc(-c2ccc(Cl)cc2)n1)C1CCN(C(=O)c2ccc(F)cc2)CC1. The van der Waals surface area contributed by atoms with Crippen LogP contribution in [0.15, 0.2) is 53.9 Å². The summed E-state index contributed by atoms with van der Waals surface area (Å²) in [5, 5.41) is 3.39. The third-order valence-electron chi connectivity index (χ3n) is 5.21. The van der Waals surface area contributed by atoms with Gasteiger partial charge in [-0.25, -0.2) is 9.37 Å². The van der Waals surface area contributed by atoms with Gasteiger partial charge in [0.25, 0.3) is 5.91 Å². The lowest BCUT2D eigenvalue weighted by molar-refractivity contribution is -0.151. The van der Waals surface area contributed by atoms with Gasteiger partial charge in [0, 0.05) is 34.6 Å². The standard InChI is InChI=1S/C23H20ClFN2O3S/c24-18-5-1-15(2-6-18)21-26-20(14-31-21)13-30-23(29)17-9-11-27(12-10-17)22(28)16-3-7-19(25)8-4-16/h1-8,14,17H,9-13H2. The van der Waals surface area contributed by atoms with Crippen molar-refractivity contribution in [2.24, 2.45) is 5.92 Å². The number of piperidine rings is 1. The fraction of sp³-hybridized carbons (Fsp3) is 0.261. The molecule has 8 heteroatoms. The lowest BCUT2D eigenvalue weighted by Crippen LogP contribution is -2.40. The molecule has 0 radical (unpaired) electrons. The molecule has 5 nitrogen and oxygen atoms in total. The minimum atomic E-state index is -0.376. The molecule has 0 aliphatic carbocycles. The summed E-state index contributed by atoms with van der Waals surface area (Å²) in [7, 11) is 0. The van der Waals surface area contributed by atoms with Crippen LogP contribution in [0.3, 0.4) is 0 Å². The monoisotopic (exact) mass is 458 g/mol. The Kier molecular flexibility index (Phi) is 6.63. The maximum absolute atomic E-state index is 13.0. The van der Waals surface area contributed by atoms with Crippen LogP contribution in [0.25, 0.3) is 10.6 Å². The summed E-state index contributed by atoms with van der Waals surface area (Å²) in [4.78, 5) is 31.2. The van der Waals surface area contributed by atoms with Gasteiger partial charge in [-0.3, -0.25) is 9.59 Å². The third kappa shape index (κ3) is 5.29. The molecule has 3 aromatic rings. The van der Waals surface area contributed by atoms with Crippen LogP contribution in [0.4, 0.5) is 4.39 Å². The predicted molar refractivity (Wildman–Crippen MR) is 117 cm³/mol. The molecule has 1 aromatic heterocycles. The molecule has 1 fully saturated rings. The van der Waals surface area contributed by atoms with Gasteiger partial charge in [0.15, 0.2) is 0 Å². The van der Waals surface area contributed by atoms with E-state index in [2.05, 4.69) is 4.98 Å². The Hall–Kier alpha value is -2.77. The molecule has 2 heterocycles. The average Bonchev–Trinajstić information content (AvgIpc) is 3.27. The summed E-state index contributed by atoms with van der Waals surface area (Å²) in [5.41, 5.74) is 2.11. The van der Waals surface area contributed by atoms with Gasteiger partial charge in [0.2, 0.25) is 0 Å². The highest BCUT2D eigenvalue weighted by atomic mass is 35.5. The molecule has 1 saturated heterocycles. The number of aromatic nitrogens is 1. The van der Waals surface area contributed by atoms with E-state index in [1.807, 2.05) is 29.6 Å². The van der Waals surface area contributed by atoms with Crippen LogP contribution in [0.2, 0.25) is 5.02 Å². The van der Waals surface area contributed by atoms with Gasteiger partial charge in [0.1, 0.15) is 17.4 Å². The van der Waals surface area contributed by atoms with Gasteiger partial charge in [-0.15, -0.1) is 11.3 Å². The Morgan fingerprint density at radius 1 is 1.10 bits per heavy atom. The van der Waals surface area contributed by atoms with Crippen LogP contribution in [-0.4, -0.2) is 34.8 Å². The van der Waals surface area contributed by atoms with Gasteiger partial charge < -0.3 is 9.64 Å². The highest BCUT2D eigenvalue weighted by molar-refractivity contribution is 7.13. The lowest BCUT2D eigenvalue weighted by Gasteiger charge is -2.31. The number of amides is 1. The molecule has 0 bridgehead atoms. The van der Waals surface area contributed by atoms with Crippen LogP contribution < -0.4 is 0 Å². The van der Waals surface area contributed by atoms with Gasteiger partial charge in [-0.2, -0.15) is 0 Å². The Morgan fingerprint density at radius 3 is 2.45 bits per heavy atom. The van der Waals surface area contributed by atoms with E-state index in [9.17, 15) is 14.0 Å². The molecule has 0 N–H and O–H groups in total.